The van der Waals surface area contributed by atoms with Crippen molar-refractivity contribution in [2.75, 3.05) is 14.1 Å². The molecular weight excluding hydrogens is 330 g/mol. The summed E-state index contributed by atoms with van der Waals surface area (Å²) in [5, 5.41) is 12.5. The van der Waals surface area contributed by atoms with Gasteiger partial charge in [0.1, 0.15) is 6.04 Å². The second-order valence-corrected chi connectivity index (χ2v) is 7.44. The van der Waals surface area contributed by atoms with Crippen LogP contribution in [0.15, 0.2) is 30.3 Å². The molecule has 0 bridgehead atoms. The van der Waals surface area contributed by atoms with Crippen molar-refractivity contribution < 1.29 is 0 Å². The number of thiophene rings is 1. The van der Waals surface area contributed by atoms with Gasteiger partial charge in [0, 0.05) is 4.88 Å². The van der Waals surface area contributed by atoms with Gasteiger partial charge in [-0.1, -0.05) is 29.8 Å². The monoisotopic (exact) mass is 347 g/mol. The van der Waals surface area contributed by atoms with Crippen LogP contribution in [0.1, 0.15) is 27.9 Å². The molecule has 3 aromatic rings. The van der Waals surface area contributed by atoms with E-state index in [2.05, 4.69) is 46.4 Å². The lowest BCUT2D eigenvalue weighted by molar-refractivity contribution is 0.329. The molecule has 0 aliphatic carbocycles. The molecule has 0 saturated heterocycles. The second-order valence-electron chi connectivity index (χ2n) is 5.70. The summed E-state index contributed by atoms with van der Waals surface area (Å²) in [7, 11) is 4.03. The van der Waals surface area contributed by atoms with Crippen LogP contribution in [-0.2, 0) is 0 Å². The average Bonchev–Trinajstić information content (AvgIpc) is 3.09. The molecule has 0 aliphatic rings. The maximum absolute atomic E-state index is 6.12. The van der Waals surface area contributed by atoms with E-state index in [0.717, 1.165) is 31.9 Å². The first-order valence-corrected chi connectivity index (χ1v) is 8.45. The van der Waals surface area contributed by atoms with Crippen molar-refractivity contribution >= 4 is 22.9 Å². The Morgan fingerprint density at radius 1 is 1.13 bits per heavy atom. The van der Waals surface area contributed by atoms with E-state index in [1.54, 1.807) is 11.3 Å². The highest BCUT2D eigenvalue weighted by molar-refractivity contribution is 7.16. The molecule has 2 heterocycles. The molecule has 0 N–H and O–H groups in total. The van der Waals surface area contributed by atoms with Crippen LogP contribution < -0.4 is 0 Å². The first-order chi connectivity index (χ1) is 11.0. The van der Waals surface area contributed by atoms with Gasteiger partial charge >= 0.3 is 0 Å². The number of halogens is 1. The molecule has 0 unspecified atom stereocenters. The summed E-state index contributed by atoms with van der Waals surface area (Å²) in [6, 6.07) is 10.1. The zero-order valence-electron chi connectivity index (χ0n) is 13.5. The fourth-order valence-electron chi connectivity index (χ4n) is 2.75. The third-order valence-corrected chi connectivity index (χ3v) is 5.05. The SMILES string of the molecule is Cc1cccc(C)c1-n1nnnc1[C@@H](c1ccc(Cl)s1)N(C)C. The van der Waals surface area contributed by atoms with Gasteiger partial charge in [0.05, 0.1) is 10.0 Å². The van der Waals surface area contributed by atoms with Crippen molar-refractivity contribution in [1.29, 1.82) is 0 Å². The molecule has 0 radical (unpaired) electrons. The molecule has 0 saturated carbocycles. The quantitative estimate of drug-likeness (QED) is 0.722. The molecule has 1 atom stereocenters. The molecule has 23 heavy (non-hydrogen) atoms. The number of aromatic nitrogens is 4. The van der Waals surface area contributed by atoms with Crippen LogP contribution in [0.5, 0.6) is 0 Å². The van der Waals surface area contributed by atoms with Gasteiger partial charge in [-0.15, -0.1) is 16.4 Å². The molecule has 2 aromatic heterocycles. The lowest BCUT2D eigenvalue weighted by Crippen LogP contribution is -2.24. The lowest BCUT2D eigenvalue weighted by Gasteiger charge is -2.23. The normalized spacial score (nSPS) is 12.8. The van der Waals surface area contributed by atoms with E-state index in [4.69, 9.17) is 11.6 Å². The van der Waals surface area contributed by atoms with Crippen molar-refractivity contribution in [2.24, 2.45) is 0 Å². The fourth-order valence-corrected chi connectivity index (χ4v) is 4.01. The molecule has 1 aromatic carbocycles. The number of nitrogens with zero attached hydrogens (tertiary/aromatic N) is 5. The highest BCUT2D eigenvalue weighted by atomic mass is 35.5. The van der Waals surface area contributed by atoms with Gasteiger partial charge in [-0.2, -0.15) is 4.68 Å². The average molecular weight is 348 g/mol. The van der Waals surface area contributed by atoms with Crippen LogP contribution in [-0.4, -0.2) is 39.2 Å². The number of hydrogen-bond acceptors (Lipinski definition) is 5. The molecule has 0 amide bonds. The van der Waals surface area contributed by atoms with Crippen LogP contribution >= 0.6 is 22.9 Å². The maximum Gasteiger partial charge on any atom is 0.179 e. The van der Waals surface area contributed by atoms with Gasteiger partial charge in [0.2, 0.25) is 0 Å². The summed E-state index contributed by atoms with van der Waals surface area (Å²) in [5.74, 6) is 0.783. The number of tetrazole rings is 1. The standard InChI is InChI=1S/C16H18ClN5S/c1-10-6-5-7-11(2)14(10)22-16(18-19-20-22)15(21(3)4)12-8-9-13(17)23-12/h5-9,15H,1-4H3/t15-/m1/s1. The van der Waals surface area contributed by atoms with E-state index in [9.17, 15) is 0 Å². The van der Waals surface area contributed by atoms with Crippen molar-refractivity contribution in [1.82, 2.24) is 25.1 Å². The number of para-hydroxylation sites is 1. The van der Waals surface area contributed by atoms with E-state index in [-0.39, 0.29) is 6.04 Å². The third-order valence-electron chi connectivity index (χ3n) is 3.77. The van der Waals surface area contributed by atoms with Crippen LogP contribution in [0.3, 0.4) is 0 Å². The minimum absolute atomic E-state index is 0.0542. The first kappa shape index (κ1) is 16.1. The van der Waals surface area contributed by atoms with Crippen molar-refractivity contribution in [3.8, 4) is 5.69 Å². The smallest absolute Gasteiger partial charge is 0.179 e. The van der Waals surface area contributed by atoms with Crippen molar-refractivity contribution in [3.63, 3.8) is 0 Å². The van der Waals surface area contributed by atoms with Gasteiger partial charge in [-0.3, -0.25) is 4.90 Å². The summed E-state index contributed by atoms with van der Waals surface area (Å²) in [6.45, 7) is 4.14. The van der Waals surface area contributed by atoms with Crippen molar-refractivity contribution in [2.45, 2.75) is 19.9 Å². The maximum atomic E-state index is 6.12. The van der Waals surface area contributed by atoms with Crippen molar-refractivity contribution in [3.05, 3.63) is 56.5 Å². The Kier molecular flexibility index (Phi) is 4.48. The number of rotatable bonds is 4. The zero-order chi connectivity index (χ0) is 16.6. The Balaban J connectivity index is 2.16. The highest BCUT2D eigenvalue weighted by Gasteiger charge is 2.26. The predicted octanol–water partition coefficient (Wildman–Crippen LogP) is 3.65. The topological polar surface area (TPSA) is 46.8 Å². The second kappa shape index (κ2) is 6.39. The van der Waals surface area contributed by atoms with E-state index >= 15 is 0 Å². The summed E-state index contributed by atoms with van der Waals surface area (Å²) in [6.07, 6.45) is 0. The van der Waals surface area contributed by atoms with Crippen LogP contribution in [0.4, 0.5) is 0 Å². The van der Waals surface area contributed by atoms with Gasteiger partial charge in [0.15, 0.2) is 5.82 Å². The Bertz CT molecular complexity index is 803. The minimum Gasteiger partial charge on any atom is -0.295 e. The lowest BCUT2D eigenvalue weighted by atomic mass is 10.1. The summed E-state index contributed by atoms with van der Waals surface area (Å²) >= 11 is 7.67. The van der Waals surface area contributed by atoms with Crippen LogP contribution in [0.25, 0.3) is 5.69 Å². The third kappa shape index (κ3) is 3.02. The number of aryl methyl sites for hydroxylation is 2. The summed E-state index contributed by atoms with van der Waals surface area (Å²) < 4.78 is 2.60. The zero-order valence-corrected chi connectivity index (χ0v) is 15.1. The Morgan fingerprint density at radius 2 is 1.83 bits per heavy atom. The largest absolute Gasteiger partial charge is 0.295 e. The number of benzene rings is 1. The molecule has 3 rings (SSSR count). The van der Waals surface area contributed by atoms with E-state index < -0.39 is 0 Å². The van der Waals surface area contributed by atoms with Gasteiger partial charge in [0.25, 0.3) is 0 Å². The van der Waals surface area contributed by atoms with E-state index in [1.165, 1.54) is 0 Å². The van der Waals surface area contributed by atoms with E-state index in [1.807, 2.05) is 37.0 Å². The van der Waals surface area contributed by atoms with Crippen LogP contribution in [0, 0.1) is 13.8 Å². The fraction of sp³-hybridized carbons (Fsp3) is 0.312. The molecule has 7 heteroatoms. The Morgan fingerprint density at radius 3 is 2.39 bits per heavy atom. The molecule has 0 spiro atoms. The minimum atomic E-state index is -0.0542. The molecule has 0 aliphatic heterocycles. The summed E-state index contributed by atoms with van der Waals surface area (Å²) in [5.41, 5.74) is 3.31. The molecular formula is C16H18ClN5S. The molecule has 120 valence electrons. The van der Waals surface area contributed by atoms with Gasteiger partial charge in [-0.25, -0.2) is 0 Å². The first-order valence-electron chi connectivity index (χ1n) is 7.25. The highest BCUT2D eigenvalue weighted by Crippen LogP contribution is 2.34. The Labute approximate surface area is 144 Å². The Hall–Kier alpha value is -1.76. The predicted molar refractivity (Wildman–Crippen MR) is 93.5 cm³/mol. The van der Waals surface area contributed by atoms with Gasteiger partial charge < -0.3 is 0 Å². The molecule has 5 nitrogen and oxygen atoms in total. The van der Waals surface area contributed by atoms with Crippen LogP contribution in [0.2, 0.25) is 4.34 Å². The van der Waals surface area contributed by atoms with E-state index in [0.29, 0.717) is 0 Å². The number of hydrogen-bond donors (Lipinski definition) is 0. The summed E-state index contributed by atoms with van der Waals surface area (Å²) in [4.78, 5) is 3.21. The molecule has 0 fully saturated rings. The van der Waals surface area contributed by atoms with Gasteiger partial charge in [-0.05, 0) is 61.6 Å².